The molecule has 0 heterocycles. The summed E-state index contributed by atoms with van der Waals surface area (Å²) in [7, 11) is -2.15. The normalized spacial score (nSPS) is 13.2. The van der Waals surface area contributed by atoms with Crippen molar-refractivity contribution in [3.63, 3.8) is 0 Å². The van der Waals surface area contributed by atoms with Crippen molar-refractivity contribution in [2.24, 2.45) is 0 Å². The van der Waals surface area contributed by atoms with Gasteiger partial charge in [-0.1, -0.05) is 0 Å². The Morgan fingerprint density at radius 2 is 1.95 bits per heavy atom. The Morgan fingerprint density at radius 3 is 2.45 bits per heavy atom. The Kier molecular flexibility index (Phi) is 6.94. The first-order valence-electron chi connectivity index (χ1n) is 6.38. The summed E-state index contributed by atoms with van der Waals surface area (Å²) in [5, 5.41) is 8.92. The van der Waals surface area contributed by atoms with Crippen LogP contribution in [0.5, 0.6) is 5.75 Å². The van der Waals surface area contributed by atoms with E-state index in [2.05, 4.69) is 4.72 Å². The standard InChI is InChI=1S/C13H21NO5S/c1-3-19-12-4-6-13(7-5-12)20(16,17)14-11(8-9-15)10-18-2/h4-7,11,14-15H,3,8-10H2,1-2H3. The topological polar surface area (TPSA) is 84.9 Å². The average molecular weight is 303 g/mol. The van der Waals surface area contributed by atoms with E-state index in [1.54, 1.807) is 12.1 Å². The molecule has 0 aromatic heterocycles. The molecule has 0 radical (unpaired) electrons. The van der Waals surface area contributed by atoms with Crippen LogP contribution in [-0.2, 0) is 14.8 Å². The van der Waals surface area contributed by atoms with E-state index in [0.29, 0.717) is 18.8 Å². The van der Waals surface area contributed by atoms with E-state index in [-0.39, 0.29) is 18.1 Å². The van der Waals surface area contributed by atoms with Crippen molar-refractivity contribution in [1.29, 1.82) is 0 Å². The van der Waals surface area contributed by atoms with Gasteiger partial charge in [0.15, 0.2) is 0 Å². The Labute approximate surface area is 119 Å². The zero-order valence-electron chi connectivity index (χ0n) is 11.7. The minimum Gasteiger partial charge on any atom is -0.494 e. The first-order chi connectivity index (χ1) is 9.53. The zero-order chi connectivity index (χ0) is 15.0. The molecule has 0 aliphatic carbocycles. The summed E-state index contributed by atoms with van der Waals surface area (Å²) in [4.78, 5) is 0.153. The first-order valence-corrected chi connectivity index (χ1v) is 7.86. The minimum atomic E-state index is -3.63. The molecule has 1 rings (SSSR count). The quantitative estimate of drug-likeness (QED) is 0.703. The highest BCUT2D eigenvalue weighted by Crippen LogP contribution is 2.16. The predicted molar refractivity (Wildman–Crippen MR) is 75.3 cm³/mol. The lowest BCUT2D eigenvalue weighted by Gasteiger charge is -2.17. The maximum atomic E-state index is 12.2. The van der Waals surface area contributed by atoms with Crippen molar-refractivity contribution < 1.29 is 23.0 Å². The molecular weight excluding hydrogens is 282 g/mol. The summed E-state index contributed by atoms with van der Waals surface area (Å²) in [5.74, 6) is 0.621. The number of hydrogen-bond acceptors (Lipinski definition) is 5. The second-order valence-corrected chi connectivity index (χ2v) is 5.90. The van der Waals surface area contributed by atoms with E-state index in [9.17, 15) is 8.42 Å². The van der Waals surface area contributed by atoms with Crippen LogP contribution in [0.4, 0.5) is 0 Å². The molecule has 0 fully saturated rings. The third-order valence-electron chi connectivity index (χ3n) is 2.61. The molecule has 0 aliphatic rings. The van der Waals surface area contributed by atoms with Crippen LogP contribution in [0, 0.1) is 0 Å². The third-order valence-corrected chi connectivity index (χ3v) is 4.15. The number of rotatable bonds is 9. The molecule has 1 unspecified atom stereocenters. The van der Waals surface area contributed by atoms with E-state index in [1.165, 1.54) is 19.2 Å². The van der Waals surface area contributed by atoms with Crippen molar-refractivity contribution >= 4 is 10.0 Å². The van der Waals surface area contributed by atoms with Crippen LogP contribution in [-0.4, -0.2) is 46.5 Å². The fourth-order valence-corrected chi connectivity index (χ4v) is 2.96. The molecule has 0 spiro atoms. The molecule has 2 N–H and O–H groups in total. The maximum Gasteiger partial charge on any atom is 0.240 e. The monoisotopic (exact) mass is 303 g/mol. The van der Waals surface area contributed by atoms with Gasteiger partial charge in [0.05, 0.1) is 18.1 Å². The number of ether oxygens (including phenoxy) is 2. The molecular formula is C13H21NO5S. The van der Waals surface area contributed by atoms with Gasteiger partial charge < -0.3 is 14.6 Å². The van der Waals surface area contributed by atoms with Gasteiger partial charge in [0.2, 0.25) is 10.0 Å². The molecule has 0 aliphatic heterocycles. The molecule has 0 saturated carbocycles. The van der Waals surface area contributed by atoms with Crippen LogP contribution in [0.25, 0.3) is 0 Å². The van der Waals surface area contributed by atoms with Crippen molar-refractivity contribution in [1.82, 2.24) is 4.72 Å². The van der Waals surface area contributed by atoms with Crippen molar-refractivity contribution in [2.75, 3.05) is 26.9 Å². The summed E-state index contributed by atoms with van der Waals surface area (Å²) in [6.45, 7) is 2.48. The second-order valence-electron chi connectivity index (χ2n) is 4.19. The van der Waals surface area contributed by atoms with Crippen molar-refractivity contribution in [3.8, 4) is 5.75 Å². The lowest BCUT2D eigenvalue weighted by atomic mass is 10.2. The third kappa shape index (κ3) is 5.09. The van der Waals surface area contributed by atoms with E-state index in [1.807, 2.05) is 6.92 Å². The smallest absolute Gasteiger partial charge is 0.240 e. The lowest BCUT2D eigenvalue weighted by molar-refractivity contribution is 0.158. The van der Waals surface area contributed by atoms with Gasteiger partial charge in [-0.3, -0.25) is 0 Å². The van der Waals surface area contributed by atoms with Crippen LogP contribution in [0.1, 0.15) is 13.3 Å². The maximum absolute atomic E-state index is 12.2. The largest absolute Gasteiger partial charge is 0.494 e. The number of aliphatic hydroxyl groups excluding tert-OH is 1. The number of aliphatic hydroxyl groups is 1. The fourth-order valence-electron chi connectivity index (χ4n) is 1.70. The van der Waals surface area contributed by atoms with Gasteiger partial charge >= 0.3 is 0 Å². The summed E-state index contributed by atoms with van der Waals surface area (Å²) >= 11 is 0. The molecule has 6 nitrogen and oxygen atoms in total. The number of sulfonamides is 1. The van der Waals surface area contributed by atoms with Gasteiger partial charge in [-0.2, -0.15) is 0 Å². The minimum absolute atomic E-state index is 0.111. The SMILES string of the molecule is CCOc1ccc(S(=O)(=O)NC(CCO)COC)cc1. The summed E-state index contributed by atoms with van der Waals surface area (Å²) in [6, 6.07) is 5.72. The van der Waals surface area contributed by atoms with E-state index < -0.39 is 16.1 Å². The van der Waals surface area contributed by atoms with Gasteiger partial charge in [-0.05, 0) is 37.6 Å². The van der Waals surface area contributed by atoms with Crippen molar-refractivity contribution in [3.05, 3.63) is 24.3 Å². The highest BCUT2D eigenvalue weighted by molar-refractivity contribution is 7.89. The van der Waals surface area contributed by atoms with E-state index in [0.717, 1.165) is 0 Å². The number of methoxy groups -OCH3 is 1. The highest BCUT2D eigenvalue weighted by Gasteiger charge is 2.19. The second kappa shape index (κ2) is 8.21. The summed E-state index contributed by atoms with van der Waals surface area (Å²) in [5.41, 5.74) is 0. The van der Waals surface area contributed by atoms with Crippen LogP contribution in [0.2, 0.25) is 0 Å². The highest BCUT2D eigenvalue weighted by atomic mass is 32.2. The Balaban J connectivity index is 2.80. The molecule has 0 saturated heterocycles. The molecule has 0 bridgehead atoms. The molecule has 1 aromatic carbocycles. The lowest BCUT2D eigenvalue weighted by Crippen LogP contribution is -2.38. The Bertz CT molecular complexity index is 480. The average Bonchev–Trinajstić information content (AvgIpc) is 2.40. The molecule has 1 atom stereocenters. The zero-order valence-corrected chi connectivity index (χ0v) is 12.5. The number of nitrogens with one attached hydrogen (secondary N) is 1. The van der Waals surface area contributed by atoms with Gasteiger partial charge in [-0.15, -0.1) is 0 Å². The van der Waals surface area contributed by atoms with Gasteiger partial charge in [0.25, 0.3) is 0 Å². The van der Waals surface area contributed by atoms with Crippen LogP contribution in [0.15, 0.2) is 29.2 Å². The van der Waals surface area contributed by atoms with Crippen LogP contribution < -0.4 is 9.46 Å². The van der Waals surface area contributed by atoms with E-state index in [4.69, 9.17) is 14.6 Å². The Hall–Kier alpha value is -1.15. The van der Waals surface area contributed by atoms with Gasteiger partial charge in [0.1, 0.15) is 5.75 Å². The Morgan fingerprint density at radius 1 is 1.30 bits per heavy atom. The van der Waals surface area contributed by atoms with Gasteiger partial charge in [-0.25, -0.2) is 13.1 Å². The van der Waals surface area contributed by atoms with Gasteiger partial charge in [0, 0.05) is 19.8 Å². The predicted octanol–water partition coefficient (Wildman–Crippen LogP) is 0.761. The van der Waals surface area contributed by atoms with Crippen molar-refractivity contribution in [2.45, 2.75) is 24.3 Å². The molecule has 114 valence electrons. The van der Waals surface area contributed by atoms with Crippen LogP contribution in [0.3, 0.4) is 0 Å². The molecule has 7 heteroatoms. The number of benzene rings is 1. The van der Waals surface area contributed by atoms with E-state index >= 15 is 0 Å². The summed E-state index contributed by atoms with van der Waals surface area (Å²) < 4.78 is 37.0. The fraction of sp³-hybridized carbons (Fsp3) is 0.538. The summed E-state index contributed by atoms with van der Waals surface area (Å²) in [6.07, 6.45) is 0.296. The first kappa shape index (κ1) is 16.9. The molecule has 1 aromatic rings. The van der Waals surface area contributed by atoms with Crippen LogP contribution >= 0.6 is 0 Å². The molecule has 20 heavy (non-hydrogen) atoms. The number of hydrogen-bond donors (Lipinski definition) is 2. The molecule has 0 amide bonds.